The van der Waals surface area contributed by atoms with Gasteiger partial charge in [0.25, 0.3) is 0 Å². The van der Waals surface area contributed by atoms with Crippen molar-refractivity contribution in [3.05, 3.63) is 5.01 Å². The molecule has 3 rings (SSSR count). The Hall–Kier alpha value is -1.01. The zero-order chi connectivity index (χ0) is 12.5. The fraction of sp³-hybridized carbons (Fsp3) is 0.750. The molecule has 0 aliphatic carbocycles. The van der Waals surface area contributed by atoms with E-state index in [4.69, 9.17) is 0 Å². The number of carbonyl (C=O) groups is 1. The smallest absolute Gasteiger partial charge is 0.226 e. The number of nitrogens with one attached hydrogen (secondary N) is 2. The van der Waals surface area contributed by atoms with Crippen molar-refractivity contribution in [2.45, 2.75) is 51.1 Å². The van der Waals surface area contributed by atoms with Crippen LogP contribution in [0.2, 0.25) is 0 Å². The number of carbonyl (C=O) groups excluding carboxylic acids is 1. The zero-order valence-corrected chi connectivity index (χ0v) is 11.3. The summed E-state index contributed by atoms with van der Waals surface area (Å²) in [7, 11) is 0. The minimum absolute atomic E-state index is 0.0810. The maximum absolute atomic E-state index is 11.9. The number of aryl methyl sites for hydroxylation is 1. The predicted octanol–water partition coefficient (Wildman–Crippen LogP) is 1.71. The largest absolute Gasteiger partial charge is 0.311 e. The number of piperidine rings is 1. The molecular weight excluding hydrogens is 248 g/mol. The molecule has 0 spiro atoms. The Balaban J connectivity index is 1.52. The number of fused-ring (bicyclic) bond motifs is 2. The fourth-order valence-corrected chi connectivity index (χ4v) is 3.73. The Morgan fingerprint density at radius 1 is 1.39 bits per heavy atom. The zero-order valence-electron chi connectivity index (χ0n) is 10.5. The second-order valence-corrected chi connectivity index (χ2v) is 6.54. The summed E-state index contributed by atoms with van der Waals surface area (Å²) in [6.45, 7) is 1.89. The first-order valence-corrected chi connectivity index (χ1v) is 7.36. The van der Waals surface area contributed by atoms with E-state index in [0.717, 1.165) is 17.8 Å². The monoisotopic (exact) mass is 266 g/mol. The number of hydrogen-bond acceptors (Lipinski definition) is 5. The fourth-order valence-electron chi connectivity index (χ4n) is 3.12. The van der Waals surface area contributed by atoms with Crippen molar-refractivity contribution >= 4 is 22.4 Å². The van der Waals surface area contributed by atoms with E-state index in [0.29, 0.717) is 29.6 Å². The minimum atomic E-state index is 0.0810. The number of amides is 1. The highest BCUT2D eigenvalue weighted by Gasteiger charge is 2.34. The van der Waals surface area contributed by atoms with Gasteiger partial charge in [0.1, 0.15) is 5.01 Å². The van der Waals surface area contributed by atoms with Crippen molar-refractivity contribution in [1.82, 2.24) is 15.5 Å². The highest BCUT2D eigenvalue weighted by atomic mass is 32.1. The Morgan fingerprint density at radius 2 is 2.11 bits per heavy atom. The molecule has 1 amide bonds. The maximum Gasteiger partial charge on any atom is 0.226 e. The molecule has 2 atom stereocenters. The number of anilines is 1. The Labute approximate surface area is 110 Å². The molecule has 2 aliphatic rings. The second-order valence-electron chi connectivity index (χ2n) is 5.35. The van der Waals surface area contributed by atoms with E-state index in [1.54, 1.807) is 0 Å². The van der Waals surface area contributed by atoms with Crippen LogP contribution in [0.15, 0.2) is 0 Å². The van der Waals surface area contributed by atoms with Gasteiger partial charge in [-0.25, -0.2) is 0 Å². The van der Waals surface area contributed by atoms with Gasteiger partial charge in [0.2, 0.25) is 11.0 Å². The van der Waals surface area contributed by atoms with Gasteiger partial charge < -0.3 is 10.6 Å². The third-order valence-corrected chi connectivity index (χ3v) is 4.57. The average molecular weight is 266 g/mol. The van der Waals surface area contributed by atoms with Crippen molar-refractivity contribution < 1.29 is 4.79 Å². The summed E-state index contributed by atoms with van der Waals surface area (Å²) in [4.78, 5) is 11.9. The average Bonchev–Trinajstić information content (AvgIpc) is 2.85. The van der Waals surface area contributed by atoms with Crippen LogP contribution in [0, 0.1) is 12.8 Å². The summed E-state index contributed by atoms with van der Waals surface area (Å²) in [5.41, 5.74) is 0. The van der Waals surface area contributed by atoms with Gasteiger partial charge >= 0.3 is 0 Å². The molecule has 2 N–H and O–H groups in total. The number of nitrogens with zero attached hydrogens (tertiary/aromatic N) is 2. The quantitative estimate of drug-likeness (QED) is 0.874. The van der Waals surface area contributed by atoms with E-state index in [-0.39, 0.29) is 5.91 Å². The van der Waals surface area contributed by atoms with E-state index < -0.39 is 0 Å². The molecule has 0 aromatic carbocycles. The van der Waals surface area contributed by atoms with Crippen LogP contribution < -0.4 is 10.6 Å². The van der Waals surface area contributed by atoms with Crippen LogP contribution in [-0.2, 0) is 4.79 Å². The first kappa shape index (κ1) is 12.0. The van der Waals surface area contributed by atoms with Crippen molar-refractivity contribution in [2.24, 2.45) is 5.92 Å². The second kappa shape index (κ2) is 4.93. The molecule has 0 radical (unpaired) electrons. The predicted molar refractivity (Wildman–Crippen MR) is 70.6 cm³/mol. The van der Waals surface area contributed by atoms with E-state index in [9.17, 15) is 4.79 Å². The lowest BCUT2D eigenvalue weighted by Crippen LogP contribution is -2.39. The van der Waals surface area contributed by atoms with Crippen LogP contribution in [-0.4, -0.2) is 28.2 Å². The molecule has 3 heterocycles. The van der Waals surface area contributed by atoms with Gasteiger partial charge in [0.05, 0.1) is 0 Å². The van der Waals surface area contributed by atoms with Crippen molar-refractivity contribution in [1.29, 1.82) is 0 Å². The van der Waals surface area contributed by atoms with Gasteiger partial charge in [0.15, 0.2) is 0 Å². The topological polar surface area (TPSA) is 66.9 Å². The molecular formula is C12H18N4OS. The van der Waals surface area contributed by atoms with Crippen LogP contribution in [0.3, 0.4) is 0 Å². The molecule has 1 aromatic heterocycles. The lowest BCUT2D eigenvalue weighted by molar-refractivity contribution is -0.117. The highest BCUT2D eigenvalue weighted by Crippen LogP contribution is 2.32. The summed E-state index contributed by atoms with van der Waals surface area (Å²) < 4.78 is 0. The first-order valence-electron chi connectivity index (χ1n) is 6.55. The number of aromatic nitrogens is 2. The summed E-state index contributed by atoms with van der Waals surface area (Å²) in [6, 6.07) is 1.29. The summed E-state index contributed by atoms with van der Waals surface area (Å²) in [5, 5.41) is 15.7. The highest BCUT2D eigenvalue weighted by molar-refractivity contribution is 7.15. The van der Waals surface area contributed by atoms with Crippen molar-refractivity contribution in [3.63, 3.8) is 0 Å². The van der Waals surface area contributed by atoms with Gasteiger partial charge in [-0.05, 0) is 38.5 Å². The van der Waals surface area contributed by atoms with Crippen molar-refractivity contribution in [2.75, 3.05) is 5.32 Å². The Morgan fingerprint density at radius 3 is 2.72 bits per heavy atom. The van der Waals surface area contributed by atoms with E-state index in [2.05, 4.69) is 20.8 Å². The molecule has 5 nitrogen and oxygen atoms in total. The Bertz CT molecular complexity index is 435. The summed E-state index contributed by atoms with van der Waals surface area (Å²) in [6.07, 6.45) is 5.45. The molecule has 2 aliphatic heterocycles. The third kappa shape index (κ3) is 2.70. The molecule has 2 fully saturated rings. The number of hydrogen-bond donors (Lipinski definition) is 2. The molecule has 2 unspecified atom stereocenters. The van der Waals surface area contributed by atoms with Crippen LogP contribution in [0.25, 0.3) is 0 Å². The lowest BCUT2D eigenvalue weighted by atomic mass is 9.89. The normalized spacial score (nSPS) is 30.4. The molecule has 0 saturated carbocycles. The van der Waals surface area contributed by atoms with E-state index in [1.165, 1.54) is 24.2 Å². The SMILES string of the molecule is Cc1nnc(NC(=O)CC2CC3CCC(C2)N3)s1. The van der Waals surface area contributed by atoms with Gasteiger partial charge in [-0.1, -0.05) is 11.3 Å². The molecule has 6 heteroatoms. The van der Waals surface area contributed by atoms with Gasteiger partial charge in [-0.2, -0.15) is 0 Å². The first-order chi connectivity index (χ1) is 8.69. The molecule has 98 valence electrons. The van der Waals surface area contributed by atoms with Gasteiger partial charge in [0, 0.05) is 18.5 Å². The molecule has 2 saturated heterocycles. The van der Waals surface area contributed by atoms with E-state index in [1.807, 2.05) is 6.92 Å². The van der Waals surface area contributed by atoms with Crippen LogP contribution in [0.4, 0.5) is 5.13 Å². The minimum Gasteiger partial charge on any atom is -0.311 e. The number of rotatable bonds is 3. The van der Waals surface area contributed by atoms with Crippen LogP contribution >= 0.6 is 11.3 Å². The van der Waals surface area contributed by atoms with E-state index >= 15 is 0 Å². The third-order valence-electron chi connectivity index (χ3n) is 3.82. The lowest BCUT2D eigenvalue weighted by Gasteiger charge is -2.28. The molecule has 2 bridgehead atoms. The maximum atomic E-state index is 11.9. The Kier molecular flexibility index (Phi) is 3.30. The van der Waals surface area contributed by atoms with Crippen molar-refractivity contribution in [3.8, 4) is 0 Å². The van der Waals surface area contributed by atoms with Crippen LogP contribution in [0.1, 0.15) is 37.1 Å². The molecule has 18 heavy (non-hydrogen) atoms. The molecule has 1 aromatic rings. The summed E-state index contributed by atoms with van der Waals surface area (Å²) in [5.74, 6) is 0.607. The van der Waals surface area contributed by atoms with Crippen LogP contribution in [0.5, 0.6) is 0 Å². The van der Waals surface area contributed by atoms with Gasteiger partial charge in [-0.15, -0.1) is 10.2 Å². The summed E-state index contributed by atoms with van der Waals surface area (Å²) >= 11 is 1.43. The van der Waals surface area contributed by atoms with Gasteiger partial charge in [-0.3, -0.25) is 4.79 Å². The standard InChI is InChI=1S/C12H18N4OS/c1-7-15-16-12(18-7)14-11(17)6-8-4-9-2-3-10(5-8)13-9/h8-10,13H,2-6H2,1H3,(H,14,16,17).